The number of nitrogens with zero attached hydrogens (tertiary/aromatic N) is 2. The Morgan fingerprint density at radius 2 is 1.93 bits per heavy atom. The Labute approximate surface area is 161 Å². The van der Waals surface area contributed by atoms with E-state index in [4.69, 9.17) is 0 Å². The molecule has 0 aliphatic heterocycles. The molecule has 1 heterocycles. The van der Waals surface area contributed by atoms with Gasteiger partial charge in [-0.25, -0.2) is 9.97 Å². The molecule has 6 rings (SSSR count). The van der Waals surface area contributed by atoms with Crippen LogP contribution in [0.2, 0.25) is 0 Å². The summed E-state index contributed by atoms with van der Waals surface area (Å²) >= 11 is 0. The van der Waals surface area contributed by atoms with Gasteiger partial charge >= 0.3 is 0 Å². The monoisotopic (exact) mass is 369 g/mol. The predicted octanol–water partition coefficient (Wildman–Crippen LogP) is 3.19. The Bertz CT molecular complexity index is 727. The van der Waals surface area contributed by atoms with Crippen molar-refractivity contribution in [3.8, 4) is 0 Å². The van der Waals surface area contributed by atoms with Crippen molar-refractivity contribution in [1.82, 2.24) is 15.3 Å². The molecule has 5 nitrogen and oxygen atoms in total. The molecule has 146 valence electrons. The molecule has 5 aliphatic rings. The zero-order valence-corrected chi connectivity index (χ0v) is 16.3. The number of hydrogen-bond donors (Lipinski definition) is 2. The summed E-state index contributed by atoms with van der Waals surface area (Å²) < 4.78 is 0. The number of carbonyl (C=O) groups is 1. The molecule has 2 atom stereocenters. The molecular formula is C22H31N3O2. The van der Waals surface area contributed by atoms with Gasteiger partial charge in [0.05, 0.1) is 16.9 Å². The topological polar surface area (TPSA) is 75.1 Å². The standard InChI is InChI=1S/C22H31N3O2/c1-13-23-12-18(19(24-13)8-14-4-2-3-5-14)21(26)25-20-16-6-15-7-17(20)11-22(27,9-15)10-16/h12,14-17,20,27H,2-11H2,1H3,(H,25,26)/t15?,16?,17?,20-,22+. The molecule has 5 fully saturated rings. The minimum atomic E-state index is -0.460. The molecule has 1 aromatic heterocycles. The summed E-state index contributed by atoms with van der Waals surface area (Å²) in [6, 6.07) is 0.204. The first-order chi connectivity index (χ1) is 13.0. The maximum atomic E-state index is 13.2. The van der Waals surface area contributed by atoms with Gasteiger partial charge in [-0.1, -0.05) is 25.7 Å². The Morgan fingerprint density at radius 1 is 1.22 bits per heavy atom. The largest absolute Gasteiger partial charge is 0.390 e. The van der Waals surface area contributed by atoms with E-state index in [2.05, 4.69) is 15.3 Å². The van der Waals surface area contributed by atoms with Crippen LogP contribution in [0.1, 0.15) is 79.7 Å². The second-order valence-corrected chi connectivity index (χ2v) is 9.83. The van der Waals surface area contributed by atoms with Crippen LogP contribution in [0.15, 0.2) is 6.20 Å². The van der Waals surface area contributed by atoms with Crippen LogP contribution in [0, 0.1) is 30.6 Å². The molecule has 5 aliphatic carbocycles. The van der Waals surface area contributed by atoms with E-state index < -0.39 is 5.60 Å². The highest BCUT2D eigenvalue weighted by Crippen LogP contribution is 2.55. The Hall–Kier alpha value is -1.49. The number of aryl methyl sites for hydroxylation is 1. The molecule has 1 aromatic rings. The fraction of sp³-hybridized carbons (Fsp3) is 0.773. The van der Waals surface area contributed by atoms with Gasteiger partial charge in [-0.05, 0) is 69.1 Å². The number of nitrogens with one attached hydrogen (secondary N) is 1. The third-order valence-corrected chi connectivity index (χ3v) is 7.73. The van der Waals surface area contributed by atoms with Crippen molar-refractivity contribution in [3.63, 3.8) is 0 Å². The molecular weight excluding hydrogens is 338 g/mol. The fourth-order valence-corrected chi connectivity index (χ4v) is 6.80. The van der Waals surface area contributed by atoms with Crippen LogP contribution >= 0.6 is 0 Å². The first-order valence-electron chi connectivity index (χ1n) is 10.8. The summed E-state index contributed by atoms with van der Waals surface area (Å²) in [6.45, 7) is 1.90. The van der Waals surface area contributed by atoms with Crippen LogP contribution < -0.4 is 5.32 Å². The number of aliphatic hydroxyl groups is 1. The van der Waals surface area contributed by atoms with Gasteiger partial charge in [0, 0.05) is 12.2 Å². The van der Waals surface area contributed by atoms with Crippen molar-refractivity contribution in [2.75, 3.05) is 0 Å². The maximum Gasteiger partial charge on any atom is 0.254 e. The van der Waals surface area contributed by atoms with Crippen LogP contribution in [-0.2, 0) is 6.42 Å². The second-order valence-electron chi connectivity index (χ2n) is 9.83. The van der Waals surface area contributed by atoms with E-state index in [9.17, 15) is 9.90 Å². The Balaban J connectivity index is 1.34. The van der Waals surface area contributed by atoms with Crippen molar-refractivity contribution in [2.45, 2.75) is 82.8 Å². The van der Waals surface area contributed by atoms with E-state index >= 15 is 0 Å². The summed E-state index contributed by atoms with van der Waals surface area (Å²) in [5.74, 6) is 2.90. The van der Waals surface area contributed by atoms with Gasteiger partial charge in [0.15, 0.2) is 0 Å². The van der Waals surface area contributed by atoms with Crippen molar-refractivity contribution in [2.24, 2.45) is 23.7 Å². The summed E-state index contributed by atoms with van der Waals surface area (Å²) in [5, 5.41) is 14.1. The molecule has 2 unspecified atom stereocenters. The number of carbonyl (C=O) groups excluding carboxylic acids is 1. The minimum absolute atomic E-state index is 0.00698. The molecule has 5 heteroatoms. The van der Waals surface area contributed by atoms with E-state index in [0.717, 1.165) is 50.0 Å². The van der Waals surface area contributed by atoms with Crippen LogP contribution in [0.5, 0.6) is 0 Å². The summed E-state index contributed by atoms with van der Waals surface area (Å²) in [6.07, 6.45) is 12.7. The quantitative estimate of drug-likeness (QED) is 0.855. The van der Waals surface area contributed by atoms with Gasteiger partial charge in [0.2, 0.25) is 0 Å². The van der Waals surface area contributed by atoms with Crippen LogP contribution in [0.4, 0.5) is 0 Å². The van der Waals surface area contributed by atoms with E-state index in [0.29, 0.717) is 29.2 Å². The molecule has 0 saturated heterocycles. The second kappa shape index (κ2) is 6.54. The number of aromatic nitrogens is 2. The highest BCUT2D eigenvalue weighted by molar-refractivity contribution is 5.95. The fourth-order valence-electron chi connectivity index (χ4n) is 6.80. The average molecular weight is 370 g/mol. The molecule has 27 heavy (non-hydrogen) atoms. The van der Waals surface area contributed by atoms with Crippen LogP contribution in [0.3, 0.4) is 0 Å². The number of amides is 1. The molecule has 2 N–H and O–H groups in total. The van der Waals surface area contributed by atoms with Crippen molar-refractivity contribution in [3.05, 3.63) is 23.3 Å². The van der Waals surface area contributed by atoms with Crippen LogP contribution in [-0.4, -0.2) is 32.6 Å². The summed E-state index contributed by atoms with van der Waals surface area (Å²) in [4.78, 5) is 22.1. The summed E-state index contributed by atoms with van der Waals surface area (Å²) in [5.41, 5.74) is 1.13. The summed E-state index contributed by atoms with van der Waals surface area (Å²) in [7, 11) is 0. The molecule has 0 aromatic carbocycles. The zero-order chi connectivity index (χ0) is 18.6. The van der Waals surface area contributed by atoms with Gasteiger partial charge in [0.1, 0.15) is 5.82 Å². The molecule has 0 spiro atoms. The third-order valence-electron chi connectivity index (χ3n) is 7.73. The molecule has 4 bridgehead atoms. The number of rotatable bonds is 4. The lowest BCUT2D eigenvalue weighted by molar-refractivity contribution is -0.136. The predicted molar refractivity (Wildman–Crippen MR) is 102 cm³/mol. The van der Waals surface area contributed by atoms with Crippen LogP contribution in [0.25, 0.3) is 0 Å². The molecule has 5 saturated carbocycles. The van der Waals surface area contributed by atoms with E-state index in [-0.39, 0.29) is 11.9 Å². The van der Waals surface area contributed by atoms with Gasteiger partial charge < -0.3 is 10.4 Å². The van der Waals surface area contributed by atoms with Crippen molar-refractivity contribution >= 4 is 5.91 Å². The van der Waals surface area contributed by atoms with Crippen molar-refractivity contribution < 1.29 is 9.90 Å². The van der Waals surface area contributed by atoms with Gasteiger partial charge in [0.25, 0.3) is 5.91 Å². The van der Waals surface area contributed by atoms with Gasteiger partial charge in [-0.2, -0.15) is 0 Å². The van der Waals surface area contributed by atoms with E-state index in [1.54, 1.807) is 6.20 Å². The first kappa shape index (κ1) is 17.6. The Kier molecular flexibility index (Phi) is 4.26. The third kappa shape index (κ3) is 3.28. The SMILES string of the molecule is Cc1ncc(C(=O)N[C@H]2C3CC4CC2C[C@@](O)(C4)C3)c(CC2CCCC2)n1. The van der Waals surface area contributed by atoms with Gasteiger partial charge in [-0.3, -0.25) is 4.79 Å². The normalized spacial score (nSPS) is 37.7. The van der Waals surface area contributed by atoms with E-state index in [1.165, 1.54) is 25.7 Å². The lowest BCUT2D eigenvalue weighted by Gasteiger charge is -2.58. The molecule has 0 radical (unpaired) electrons. The maximum absolute atomic E-state index is 13.2. The van der Waals surface area contributed by atoms with Crippen molar-refractivity contribution in [1.29, 1.82) is 0 Å². The minimum Gasteiger partial charge on any atom is -0.390 e. The lowest BCUT2D eigenvalue weighted by Crippen LogP contribution is -2.61. The highest BCUT2D eigenvalue weighted by atomic mass is 16.3. The molecule has 1 amide bonds. The zero-order valence-electron chi connectivity index (χ0n) is 16.3. The first-order valence-corrected chi connectivity index (χ1v) is 10.8. The Morgan fingerprint density at radius 3 is 2.59 bits per heavy atom. The lowest BCUT2D eigenvalue weighted by atomic mass is 9.52. The van der Waals surface area contributed by atoms with Gasteiger partial charge in [-0.15, -0.1) is 0 Å². The number of hydrogen-bond acceptors (Lipinski definition) is 4. The average Bonchev–Trinajstić information content (AvgIpc) is 3.09. The smallest absolute Gasteiger partial charge is 0.254 e. The highest BCUT2D eigenvalue weighted by Gasteiger charge is 2.55. The van der Waals surface area contributed by atoms with E-state index in [1.807, 2.05) is 6.92 Å².